The van der Waals surface area contributed by atoms with Gasteiger partial charge in [-0.3, -0.25) is 4.98 Å². The van der Waals surface area contributed by atoms with E-state index in [-0.39, 0.29) is 0 Å². The van der Waals surface area contributed by atoms with Crippen molar-refractivity contribution in [2.75, 3.05) is 11.9 Å². The smallest absolute Gasteiger partial charge is 0.138 e. The Morgan fingerprint density at radius 1 is 1.13 bits per heavy atom. The molecule has 2 aromatic heterocycles. The molecule has 30 heavy (non-hydrogen) atoms. The molecule has 1 aliphatic rings. The molecule has 0 spiro atoms. The number of rotatable bonds is 6. The molecular formula is C25H27N5. The molecule has 0 atom stereocenters. The molecule has 0 fully saturated rings. The zero-order valence-corrected chi connectivity index (χ0v) is 17.5. The van der Waals surface area contributed by atoms with Crippen LogP contribution in [-0.4, -0.2) is 21.5 Å². The lowest BCUT2D eigenvalue weighted by molar-refractivity contribution is 0.645. The van der Waals surface area contributed by atoms with Crippen LogP contribution < -0.4 is 10.6 Å². The summed E-state index contributed by atoms with van der Waals surface area (Å²) in [5.74, 6) is 0.764. The third-order valence-electron chi connectivity index (χ3n) is 5.27. The van der Waals surface area contributed by atoms with Gasteiger partial charge in [-0.15, -0.1) is 0 Å². The van der Waals surface area contributed by atoms with Gasteiger partial charge in [-0.05, 0) is 67.8 Å². The van der Waals surface area contributed by atoms with E-state index >= 15 is 0 Å². The summed E-state index contributed by atoms with van der Waals surface area (Å²) in [5, 5.41) is 6.90. The summed E-state index contributed by atoms with van der Waals surface area (Å²) in [6.07, 6.45) is 6.69. The first-order valence-corrected chi connectivity index (χ1v) is 10.1. The zero-order chi connectivity index (χ0) is 21.1. The molecule has 0 radical (unpaired) electrons. The largest absolute Gasteiger partial charge is 0.356 e. The van der Waals surface area contributed by atoms with Gasteiger partial charge in [0.15, 0.2) is 0 Å². The van der Waals surface area contributed by atoms with E-state index in [0.29, 0.717) is 0 Å². The van der Waals surface area contributed by atoms with Crippen LogP contribution in [0.5, 0.6) is 0 Å². The lowest BCUT2D eigenvalue weighted by Gasteiger charge is -2.21. The van der Waals surface area contributed by atoms with Crippen LogP contribution in [0, 0.1) is 6.92 Å². The molecule has 3 aromatic rings. The monoisotopic (exact) mass is 397 g/mol. The molecule has 3 N–H and O–H groups in total. The number of allylic oxidation sites excluding steroid dienone is 3. The van der Waals surface area contributed by atoms with Gasteiger partial charge >= 0.3 is 0 Å². The van der Waals surface area contributed by atoms with E-state index in [2.05, 4.69) is 56.9 Å². The molecule has 1 aliphatic heterocycles. The lowest BCUT2D eigenvalue weighted by Crippen LogP contribution is -2.24. The van der Waals surface area contributed by atoms with E-state index in [1.54, 1.807) is 0 Å². The Bertz CT molecular complexity index is 1120. The van der Waals surface area contributed by atoms with Gasteiger partial charge in [0.2, 0.25) is 0 Å². The molecule has 5 nitrogen and oxygen atoms in total. The number of anilines is 1. The van der Waals surface area contributed by atoms with Crippen LogP contribution in [0.4, 0.5) is 5.69 Å². The number of nitrogens with zero attached hydrogens (tertiary/aromatic N) is 2. The van der Waals surface area contributed by atoms with Crippen molar-refractivity contribution < 1.29 is 0 Å². The van der Waals surface area contributed by atoms with E-state index in [4.69, 9.17) is 0 Å². The molecule has 0 saturated heterocycles. The Hall–Kier alpha value is -3.44. The Labute approximate surface area is 177 Å². The Morgan fingerprint density at radius 3 is 2.77 bits per heavy atom. The number of H-pyrrole nitrogens is 1. The highest BCUT2D eigenvalue weighted by molar-refractivity contribution is 5.78. The Morgan fingerprint density at radius 2 is 2.00 bits per heavy atom. The Kier molecular flexibility index (Phi) is 5.63. The van der Waals surface area contributed by atoms with Crippen LogP contribution in [0.15, 0.2) is 73.2 Å². The van der Waals surface area contributed by atoms with Gasteiger partial charge in [0, 0.05) is 41.0 Å². The third kappa shape index (κ3) is 4.26. The van der Waals surface area contributed by atoms with Gasteiger partial charge in [0.05, 0.1) is 11.9 Å². The van der Waals surface area contributed by atoms with Crippen LogP contribution in [-0.2, 0) is 13.0 Å². The summed E-state index contributed by atoms with van der Waals surface area (Å²) < 4.78 is 0. The molecule has 0 bridgehead atoms. The molecule has 4 rings (SSSR count). The highest BCUT2D eigenvalue weighted by atomic mass is 14.9. The number of fused-ring (bicyclic) bond motifs is 1. The van der Waals surface area contributed by atoms with Gasteiger partial charge in [-0.25, -0.2) is 4.98 Å². The van der Waals surface area contributed by atoms with E-state index in [0.717, 1.165) is 64.8 Å². The highest BCUT2D eigenvalue weighted by Crippen LogP contribution is 2.27. The molecule has 5 heteroatoms. The molecule has 3 heterocycles. The van der Waals surface area contributed by atoms with E-state index in [1.165, 1.54) is 11.1 Å². The van der Waals surface area contributed by atoms with E-state index < -0.39 is 0 Å². The predicted molar refractivity (Wildman–Crippen MR) is 124 cm³/mol. The van der Waals surface area contributed by atoms with Gasteiger partial charge in [0.25, 0.3) is 0 Å². The molecule has 1 aromatic carbocycles. The molecule has 0 amide bonds. The normalized spacial score (nSPS) is 13.6. The molecule has 0 aliphatic carbocycles. The lowest BCUT2D eigenvalue weighted by atomic mass is 9.99. The topological polar surface area (TPSA) is 65.6 Å². The quantitative estimate of drug-likeness (QED) is 0.512. The van der Waals surface area contributed by atoms with E-state index in [1.807, 2.05) is 44.4 Å². The van der Waals surface area contributed by atoms with Crippen molar-refractivity contribution in [3.05, 3.63) is 95.9 Å². The maximum absolute atomic E-state index is 4.58. The Balaban J connectivity index is 1.58. The summed E-state index contributed by atoms with van der Waals surface area (Å²) in [6, 6.07) is 10.4. The number of hydrogen-bond donors (Lipinski definition) is 3. The minimum atomic E-state index is 0.764. The van der Waals surface area contributed by atoms with Crippen molar-refractivity contribution in [1.82, 2.24) is 20.3 Å². The van der Waals surface area contributed by atoms with Crippen LogP contribution in [0.1, 0.15) is 29.6 Å². The fourth-order valence-corrected chi connectivity index (χ4v) is 3.66. The SMILES string of the molecule is C=C(/C=C(\C(=C)C)c1ncc(-c2ccc(C)nc2)[nH]1)Nc1cccc2c1CCNC2. The van der Waals surface area contributed by atoms with Gasteiger partial charge < -0.3 is 15.6 Å². The van der Waals surface area contributed by atoms with Gasteiger partial charge in [-0.2, -0.15) is 0 Å². The van der Waals surface area contributed by atoms with Crippen LogP contribution in [0.25, 0.3) is 16.8 Å². The number of benzene rings is 1. The van der Waals surface area contributed by atoms with Crippen molar-refractivity contribution in [3.63, 3.8) is 0 Å². The number of imidazole rings is 1. The number of aromatic nitrogens is 3. The number of pyridine rings is 1. The first-order chi connectivity index (χ1) is 14.5. The van der Waals surface area contributed by atoms with Crippen LogP contribution in [0.3, 0.4) is 0 Å². The first kappa shape index (κ1) is 19.9. The maximum Gasteiger partial charge on any atom is 0.138 e. The van der Waals surface area contributed by atoms with Gasteiger partial charge in [-0.1, -0.05) is 25.3 Å². The third-order valence-corrected chi connectivity index (χ3v) is 5.27. The summed E-state index contributed by atoms with van der Waals surface area (Å²) in [4.78, 5) is 12.3. The standard InChI is InChI=1S/C25H27N5/c1-16(2)22(25-28-15-24(30-25)20-9-8-17(3)27-14-20)12-18(4)29-23-7-5-6-19-13-26-11-10-21(19)23/h5-9,12,14-15,26,29H,1,4,10-11,13H2,2-3H3,(H,28,30)/b22-12+. The van der Waals surface area contributed by atoms with Crippen molar-refractivity contribution in [2.45, 2.75) is 26.8 Å². The number of hydrogen-bond acceptors (Lipinski definition) is 4. The van der Waals surface area contributed by atoms with Crippen molar-refractivity contribution in [2.24, 2.45) is 0 Å². The fraction of sp³-hybridized carbons (Fsp3) is 0.200. The van der Waals surface area contributed by atoms with Crippen molar-refractivity contribution >= 4 is 11.3 Å². The highest BCUT2D eigenvalue weighted by Gasteiger charge is 2.14. The molecule has 152 valence electrons. The predicted octanol–water partition coefficient (Wildman–Crippen LogP) is 5.01. The second-order valence-corrected chi connectivity index (χ2v) is 7.69. The number of nitrogens with one attached hydrogen (secondary N) is 3. The van der Waals surface area contributed by atoms with E-state index in [9.17, 15) is 0 Å². The maximum atomic E-state index is 4.58. The summed E-state index contributed by atoms with van der Waals surface area (Å²) >= 11 is 0. The van der Waals surface area contributed by atoms with Crippen LogP contribution in [0.2, 0.25) is 0 Å². The minimum Gasteiger partial charge on any atom is -0.356 e. The summed E-state index contributed by atoms with van der Waals surface area (Å²) in [6.45, 7) is 14.2. The first-order valence-electron chi connectivity index (χ1n) is 10.1. The van der Waals surface area contributed by atoms with Crippen molar-refractivity contribution in [3.8, 4) is 11.3 Å². The zero-order valence-electron chi connectivity index (χ0n) is 17.5. The average Bonchev–Trinajstić information content (AvgIpc) is 3.22. The van der Waals surface area contributed by atoms with Gasteiger partial charge in [0.1, 0.15) is 5.82 Å². The summed E-state index contributed by atoms with van der Waals surface area (Å²) in [5.41, 5.74) is 9.36. The number of aryl methyl sites for hydroxylation is 1. The second-order valence-electron chi connectivity index (χ2n) is 7.69. The van der Waals surface area contributed by atoms with Crippen molar-refractivity contribution in [1.29, 1.82) is 0 Å². The second kappa shape index (κ2) is 8.51. The fourth-order valence-electron chi connectivity index (χ4n) is 3.66. The summed E-state index contributed by atoms with van der Waals surface area (Å²) in [7, 11) is 0. The number of aromatic amines is 1. The van der Waals surface area contributed by atoms with Crippen LogP contribution >= 0.6 is 0 Å². The molecule has 0 saturated carbocycles. The average molecular weight is 398 g/mol. The molecular weight excluding hydrogens is 370 g/mol. The molecule has 0 unspecified atom stereocenters. The minimum absolute atomic E-state index is 0.764.